The van der Waals surface area contributed by atoms with Crippen molar-refractivity contribution in [3.63, 3.8) is 0 Å². The predicted molar refractivity (Wildman–Crippen MR) is 159 cm³/mol. The summed E-state index contributed by atoms with van der Waals surface area (Å²) < 4.78 is 17.4. The van der Waals surface area contributed by atoms with E-state index in [0.29, 0.717) is 19.4 Å². The van der Waals surface area contributed by atoms with Crippen molar-refractivity contribution < 1.29 is 33.7 Å². The van der Waals surface area contributed by atoms with Gasteiger partial charge in [-0.05, 0) is 52.0 Å². The van der Waals surface area contributed by atoms with E-state index in [2.05, 4.69) is 23.6 Å². The smallest absolute Gasteiger partial charge is 0.303 e. The molecule has 0 aromatic heterocycles. The Kier molecular flexibility index (Phi) is 14.6. The highest BCUT2D eigenvalue weighted by Gasteiger charge is 2.39. The summed E-state index contributed by atoms with van der Waals surface area (Å²) in [5.74, 6) is -0.408. The minimum Gasteiger partial charge on any atom is -0.459 e. The van der Waals surface area contributed by atoms with Gasteiger partial charge < -0.3 is 30.0 Å². The molecule has 0 spiro atoms. The molecule has 0 saturated carbocycles. The second kappa shape index (κ2) is 17.0. The van der Waals surface area contributed by atoms with Gasteiger partial charge in [0.1, 0.15) is 6.10 Å². The van der Waals surface area contributed by atoms with Crippen molar-refractivity contribution in [1.29, 1.82) is 0 Å². The number of alkyl halides is 1. The number of esters is 1. The summed E-state index contributed by atoms with van der Waals surface area (Å²) in [6, 6.07) is -0.117. The summed E-state index contributed by atoms with van der Waals surface area (Å²) in [5, 5.41) is 16.8. The third kappa shape index (κ3) is 12.7. The van der Waals surface area contributed by atoms with Gasteiger partial charge in [-0.2, -0.15) is 0 Å². The molecule has 41 heavy (non-hydrogen) atoms. The fraction of sp³-hybridized carbons (Fsp3) is 0.710. The maximum absolute atomic E-state index is 12.4. The highest BCUT2D eigenvalue weighted by molar-refractivity contribution is 6.18. The molecular formula is C31H49ClN2O7. The number of rotatable bonds is 13. The number of amides is 2. The quantitative estimate of drug-likeness (QED) is 0.126. The molecule has 2 fully saturated rings. The number of carbonyl (C=O) groups is 3. The molecule has 2 rings (SSSR count). The predicted octanol–water partition coefficient (Wildman–Crippen LogP) is 4.12. The van der Waals surface area contributed by atoms with Gasteiger partial charge >= 0.3 is 5.97 Å². The summed E-state index contributed by atoms with van der Waals surface area (Å²) in [5.41, 5.74) is -0.0388. The van der Waals surface area contributed by atoms with Crippen molar-refractivity contribution in [3.8, 4) is 0 Å². The Balaban J connectivity index is 1.89. The van der Waals surface area contributed by atoms with Crippen molar-refractivity contribution in [2.45, 2.75) is 122 Å². The fourth-order valence-electron chi connectivity index (χ4n) is 5.21. The van der Waals surface area contributed by atoms with E-state index in [-0.39, 0.29) is 54.4 Å². The molecule has 0 bridgehead atoms. The standard InChI is InChI=1S/C31H49ClN2O7/c1-7-14-33-30(37)16-26-18-31(38,19-32)17-25(41-26)11-8-20(2)9-12-28-21(3)15-27(23(5)40-28)34-29(36)13-10-22(4)39-24(6)35/h8-11,13,21-23,25-28,38H,7,12,14-19H2,1-6H3,(H,33,37)(H,34,36)/b11-8+,13-10-,20-9+/t21-,22-,23+,25+,26+,27+,28-,31+/m0/s1. The van der Waals surface area contributed by atoms with Crippen molar-refractivity contribution in [2.75, 3.05) is 12.4 Å². The molecule has 9 nitrogen and oxygen atoms in total. The second-order valence-corrected chi connectivity index (χ2v) is 11.8. The van der Waals surface area contributed by atoms with E-state index in [4.69, 9.17) is 25.8 Å². The van der Waals surface area contributed by atoms with Crippen LogP contribution in [0.25, 0.3) is 0 Å². The van der Waals surface area contributed by atoms with Gasteiger partial charge in [0, 0.05) is 32.4 Å². The molecule has 0 unspecified atom stereocenters. The van der Waals surface area contributed by atoms with Gasteiger partial charge in [0.05, 0.1) is 48.4 Å². The molecule has 8 atom stereocenters. The molecule has 232 valence electrons. The maximum atomic E-state index is 12.4. The molecule has 0 aromatic rings. The normalized spacial score (nSPS) is 31.7. The zero-order chi connectivity index (χ0) is 30.6. The van der Waals surface area contributed by atoms with Crippen LogP contribution in [0, 0.1) is 5.92 Å². The van der Waals surface area contributed by atoms with Crippen molar-refractivity contribution >= 4 is 29.4 Å². The molecule has 0 radical (unpaired) electrons. The Hall–Kier alpha value is -2.20. The molecule has 2 amide bonds. The van der Waals surface area contributed by atoms with E-state index in [0.717, 1.165) is 24.8 Å². The third-order valence-corrected chi connectivity index (χ3v) is 7.95. The fourth-order valence-corrected chi connectivity index (χ4v) is 5.43. The first-order chi connectivity index (χ1) is 19.3. The lowest BCUT2D eigenvalue weighted by molar-refractivity contribution is -0.143. The van der Waals surface area contributed by atoms with Gasteiger partial charge in [0.2, 0.25) is 11.8 Å². The average molecular weight is 597 g/mol. The van der Waals surface area contributed by atoms with Crippen LogP contribution in [-0.2, 0) is 28.6 Å². The first-order valence-corrected chi connectivity index (χ1v) is 15.2. The third-order valence-electron chi connectivity index (χ3n) is 7.45. The molecule has 0 aromatic carbocycles. The van der Waals surface area contributed by atoms with Gasteiger partial charge in [0.25, 0.3) is 0 Å². The molecule has 0 aliphatic carbocycles. The van der Waals surface area contributed by atoms with Crippen LogP contribution in [0.15, 0.2) is 36.0 Å². The van der Waals surface area contributed by atoms with E-state index >= 15 is 0 Å². The van der Waals surface area contributed by atoms with Gasteiger partial charge in [-0.15, -0.1) is 11.6 Å². The molecule has 3 N–H and O–H groups in total. The van der Waals surface area contributed by atoms with Crippen molar-refractivity contribution in [2.24, 2.45) is 5.92 Å². The average Bonchev–Trinajstić information content (AvgIpc) is 2.90. The van der Waals surface area contributed by atoms with Gasteiger partial charge in [-0.25, -0.2) is 0 Å². The van der Waals surface area contributed by atoms with Crippen LogP contribution in [-0.4, -0.2) is 77.5 Å². The lowest BCUT2D eigenvalue weighted by Crippen LogP contribution is -2.50. The second-order valence-electron chi connectivity index (χ2n) is 11.5. The van der Waals surface area contributed by atoms with Crippen LogP contribution in [0.5, 0.6) is 0 Å². The Morgan fingerprint density at radius 1 is 1.17 bits per heavy atom. The van der Waals surface area contributed by atoms with Gasteiger partial charge in [-0.3, -0.25) is 14.4 Å². The molecule has 2 aliphatic heterocycles. The maximum Gasteiger partial charge on any atom is 0.303 e. The number of aliphatic hydroxyl groups is 1. The van der Waals surface area contributed by atoms with Crippen LogP contribution in [0.4, 0.5) is 0 Å². The van der Waals surface area contributed by atoms with Crippen LogP contribution in [0.2, 0.25) is 0 Å². The summed E-state index contributed by atoms with van der Waals surface area (Å²) >= 11 is 6.08. The molecule has 2 saturated heterocycles. The number of nitrogens with one attached hydrogen (secondary N) is 2. The number of carbonyl (C=O) groups excluding carboxylic acids is 3. The lowest BCUT2D eigenvalue weighted by atomic mass is 9.87. The first-order valence-electron chi connectivity index (χ1n) is 14.7. The first kappa shape index (κ1) is 35.0. The van der Waals surface area contributed by atoms with Crippen LogP contribution in [0.3, 0.4) is 0 Å². The number of hydrogen-bond donors (Lipinski definition) is 3. The van der Waals surface area contributed by atoms with Gasteiger partial charge in [-0.1, -0.05) is 37.6 Å². The van der Waals surface area contributed by atoms with Crippen LogP contribution < -0.4 is 10.6 Å². The van der Waals surface area contributed by atoms with Gasteiger partial charge in [0.15, 0.2) is 0 Å². The molecule has 10 heteroatoms. The lowest BCUT2D eigenvalue weighted by Gasteiger charge is -2.39. The minimum atomic E-state index is -1.08. The molecular weight excluding hydrogens is 548 g/mol. The minimum absolute atomic E-state index is 0.0133. The van der Waals surface area contributed by atoms with Crippen LogP contribution in [0.1, 0.15) is 80.1 Å². The summed E-state index contributed by atoms with van der Waals surface area (Å²) in [6.45, 7) is 11.7. The highest BCUT2D eigenvalue weighted by Crippen LogP contribution is 2.32. The Labute approximate surface area is 250 Å². The van der Waals surface area contributed by atoms with E-state index in [1.54, 1.807) is 13.0 Å². The number of ether oxygens (including phenoxy) is 3. The largest absolute Gasteiger partial charge is 0.459 e. The zero-order valence-corrected chi connectivity index (χ0v) is 26.1. The van der Waals surface area contributed by atoms with E-state index in [9.17, 15) is 19.5 Å². The van der Waals surface area contributed by atoms with E-state index in [1.165, 1.54) is 13.0 Å². The van der Waals surface area contributed by atoms with E-state index in [1.807, 2.05) is 32.9 Å². The zero-order valence-electron chi connectivity index (χ0n) is 25.4. The summed E-state index contributed by atoms with van der Waals surface area (Å²) in [7, 11) is 0. The van der Waals surface area contributed by atoms with Crippen molar-refractivity contribution in [1.82, 2.24) is 10.6 Å². The number of allylic oxidation sites excluding steroid dienone is 2. The molecule has 2 heterocycles. The molecule has 2 aliphatic rings. The van der Waals surface area contributed by atoms with E-state index < -0.39 is 23.8 Å². The Bertz CT molecular complexity index is 968. The number of halogens is 1. The monoisotopic (exact) mass is 596 g/mol. The highest BCUT2D eigenvalue weighted by atomic mass is 35.5. The van der Waals surface area contributed by atoms with Crippen LogP contribution >= 0.6 is 11.6 Å². The topological polar surface area (TPSA) is 123 Å². The summed E-state index contributed by atoms with van der Waals surface area (Å²) in [4.78, 5) is 35.6. The number of hydrogen-bond acceptors (Lipinski definition) is 7. The Morgan fingerprint density at radius 2 is 1.90 bits per heavy atom. The Morgan fingerprint density at radius 3 is 2.56 bits per heavy atom. The summed E-state index contributed by atoms with van der Waals surface area (Å²) in [6.07, 6.45) is 10.9. The SMILES string of the molecule is CCCNC(=O)C[C@@H]1C[C@@](O)(CCl)C[C@@H](/C=C/C(C)=C/C[C@@H]2O[C@H](C)[C@H](NC(=O)/C=C\[C@H](C)OC(C)=O)C[C@@H]2C)O1. The van der Waals surface area contributed by atoms with Crippen molar-refractivity contribution in [3.05, 3.63) is 36.0 Å².